The van der Waals surface area contributed by atoms with Gasteiger partial charge in [-0.15, -0.1) is 0 Å². The van der Waals surface area contributed by atoms with Crippen LogP contribution in [0, 0.1) is 0 Å². The summed E-state index contributed by atoms with van der Waals surface area (Å²) in [5.74, 6) is 0. The average molecular weight is 260 g/mol. The van der Waals surface area contributed by atoms with E-state index in [1.54, 1.807) is 0 Å². The van der Waals surface area contributed by atoms with E-state index in [9.17, 15) is 0 Å². The quantitative estimate of drug-likeness (QED) is 0.512. The Hall–Kier alpha value is -1.38. The molecule has 0 aromatic heterocycles. The number of hydrogen-bond acceptors (Lipinski definition) is 2. The molecule has 0 aliphatic heterocycles. The van der Waals surface area contributed by atoms with Crippen molar-refractivity contribution in [2.24, 2.45) is 0 Å². The summed E-state index contributed by atoms with van der Waals surface area (Å²) in [7, 11) is 0. The minimum absolute atomic E-state index is 0.0385. The van der Waals surface area contributed by atoms with Crippen LogP contribution in [-0.4, -0.2) is 19.8 Å². The fraction of sp³-hybridized carbons (Fsp3) is 0.412. The maximum Gasteiger partial charge on any atom is 0.106 e. The Balaban J connectivity index is 2.54. The van der Waals surface area contributed by atoms with Gasteiger partial charge in [0, 0.05) is 0 Å². The van der Waals surface area contributed by atoms with Gasteiger partial charge in [0.05, 0.1) is 19.8 Å². The smallest absolute Gasteiger partial charge is 0.106 e. The fourth-order valence-corrected chi connectivity index (χ4v) is 1.55. The van der Waals surface area contributed by atoms with Crippen molar-refractivity contribution in [1.29, 1.82) is 0 Å². The van der Waals surface area contributed by atoms with Gasteiger partial charge in [0.2, 0.25) is 0 Å². The Bertz CT molecular complexity index is 403. The second-order valence-electron chi connectivity index (χ2n) is 4.99. The van der Waals surface area contributed by atoms with Gasteiger partial charge in [-0.1, -0.05) is 54.1 Å². The van der Waals surface area contributed by atoms with Gasteiger partial charge in [0.25, 0.3) is 0 Å². The summed E-state index contributed by atoms with van der Waals surface area (Å²) >= 11 is 0. The molecule has 0 radical (unpaired) electrons. The third-order valence-electron chi connectivity index (χ3n) is 2.58. The van der Waals surface area contributed by atoms with Crippen LogP contribution < -0.4 is 0 Å². The van der Waals surface area contributed by atoms with Crippen molar-refractivity contribution in [3.8, 4) is 0 Å². The molecule has 2 nitrogen and oxygen atoms in total. The number of allylic oxidation sites excluding steroid dienone is 1. The molecule has 0 aliphatic rings. The third kappa shape index (κ3) is 6.94. The molecular formula is C17H24O2. The molecule has 0 saturated heterocycles. The van der Waals surface area contributed by atoms with E-state index < -0.39 is 0 Å². The summed E-state index contributed by atoms with van der Waals surface area (Å²) in [5, 5.41) is 0. The van der Waals surface area contributed by atoms with Crippen molar-refractivity contribution in [2.45, 2.75) is 26.9 Å². The molecule has 19 heavy (non-hydrogen) atoms. The molecule has 0 heterocycles. The first-order valence-corrected chi connectivity index (χ1v) is 6.61. The summed E-state index contributed by atoms with van der Waals surface area (Å²) in [6.07, 6.45) is 2.03. The van der Waals surface area contributed by atoms with Crippen LogP contribution in [0.15, 0.2) is 54.1 Å². The van der Waals surface area contributed by atoms with E-state index in [1.807, 2.05) is 25.1 Å². The Labute approximate surface area is 116 Å². The van der Waals surface area contributed by atoms with Gasteiger partial charge in [0.15, 0.2) is 0 Å². The van der Waals surface area contributed by atoms with Gasteiger partial charge in [-0.05, 0) is 26.3 Å². The van der Waals surface area contributed by atoms with Crippen molar-refractivity contribution >= 4 is 0 Å². The highest BCUT2D eigenvalue weighted by molar-refractivity contribution is 5.17. The molecule has 0 N–H and O–H groups in total. The lowest BCUT2D eigenvalue weighted by molar-refractivity contribution is -0.00190. The monoisotopic (exact) mass is 260 g/mol. The molecule has 0 fully saturated rings. The molecule has 1 unspecified atom stereocenters. The molecule has 2 heteroatoms. The second kappa shape index (κ2) is 8.68. The van der Waals surface area contributed by atoms with Gasteiger partial charge >= 0.3 is 0 Å². The summed E-state index contributed by atoms with van der Waals surface area (Å²) in [6, 6.07) is 10.2. The zero-order valence-electron chi connectivity index (χ0n) is 12.2. The predicted molar refractivity (Wildman–Crippen MR) is 80.2 cm³/mol. The third-order valence-corrected chi connectivity index (χ3v) is 2.58. The minimum atomic E-state index is -0.0385. The largest absolute Gasteiger partial charge is 0.374 e. The second-order valence-corrected chi connectivity index (χ2v) is 4.99. The predicted octanol–water partition coefficient (Wildman–Crippen LogP) is 4.30. The zero-order chi connectivity index (χ0) is 14.1. The average Bonchev–Trinajstić information content (AvgIpc) is 2.38. The zero-order valence-corrected chi connectivity index (χ0v) is 12.2. The van der Waals surface area contributed by atoms with Crippen LogP contribution >= 0.6 is 0 Å². The highest BCUT2D eigenvalue weighted by atomic mass is 16.5. The molecule has 0 amide bonds. The van der Waals surface area contributed by atoms with Gasteiger partial charge < -0.3 is 9.47 Å². The van der Waals surface area contributed by atoms with Crippen LogP contribution in [0.1, 0.15) is 32.4 Å². The maximum atomic E-state index is 5.85. The molecule has 0 bridgehead atoms. The lowest BCUT2D eigenvalue weighted by Crippen LogP contribution is -2.13. The van der Waals surface area contributed by atoms with E-state index in [-0.39, 0.29) is 6.10 Å². The van der Waals surface area contributed by atoms with Crippen molar-refractivity contribution in [3.05, 3.63) is 59.7 Å². The molecule has 104 valence electrons. The van der Waals surface area contributed by atoms with Crippen molar-refractivity contribution in [1.82, 2.24) is 0 Å². The number of hydrogen-bond donors (Lipinski definition) is 0. The molecule has 0 spiro atoms. The summed E-state index contributed by atoms with van der Waals surface area (Å²) in [5.41, 5.74) is 3.42. The van der Waals surface area contributed by atoms with Crippen molar-refractivity contribution < 1.29 is 9.47 Å². The Morgan fingerprint density at radius 2 is 1.89 bits per heavy atom. The molecule has 0 aliphatic carbocycles. The minimum Gasteiger partial charge on any atom is -0.374 e. The van der Waals surface area contributed by atoms with Crippen LogP contribution in [-0.2, 0) is 9.47 Å². The van der Waals surface area contributed by atoms with E-state index in [0.717, 1.165) is 11.1 Å². The summed E-state index contributed by atoms with van der Waals surface area (Å²) in [4.78, 5) is 0. The normalized spacial score (nSPS) is 11.9. The highest BCUT2D eigenvalue weighted by Gasteiger charge is 2.11. The lowest BCUT2D eigenvalue weighted by Gasteiger charge is -2.18. The van der Waals surface area contributed by atoms with E-state index >= 15 is 0 Å². The molecular weight excluding hydrogens is 236 g/mol. The van der Waals surface area contributed by atoms with Crippen LogP contribution in [0.5, 0.6) is 0 Å². The van der Waals surface area contributed by atoms with E-state index in [1.165, 1.54) is 5.57 Å². The number of benzene rings is 1. The molecule has 1 atom stereocenters. The fourth-order valence-electron chi connectivity index (χ4n) is 1.55. The lowest BCUT2D eigenvalue weighted by atomic mass is 10.1. The number of rotatable bonds is 8. The Morgan fingerprint density at radius 3 is 2.47 bits per heavy atom. The van der Waals surface area contributed by atoms with Crippen molar-refractivity contribution in [2.75, 3.05) is 19.8 Å². The van der Waals surface area contributed by atoms with Crippen LogP contribution in [0.3, 0.4) is 0 Å². The Kier molecular flexibility index (Phi) is 7.16. The number of ether oxygens (including phenoxy) is 2. The van der Waals surface area contributed by atoms with E-state index in [0.29, 0.717) is 19.8 Å². The topological polar surface area (TPSA) is 18.5 Å². The Morgan fingerprint density at radius 1 is 1.21 bits per heavy atom. The van der Waals surface area contributed by atoms with Crippen LogP contribution in [0.25, 0.3) is 0 Å². The first-order chi connectivity index (χ1) is 9.09. The van der Waals surface area contributed by atoms with Gasteiger partial charge in [-0.25, -0.2) is 0 Å². The first kappa shape index (κ1) is 15.7. The van der Waals surface area contributed by atoms with Crippen LogP contribution in [0.2, 0.25) is 0 Å². The van der Waals surface area contributed by atoms with E-state index in [2.05, 4.69) is 38.6 Å². The maximum absolute atomic E-state index is 5.85. The van der Waals surface area contributed by atoms with E-state index in [4.69, 9.17) is 9.47 Å². The molecule has 1 rings (SSSR count). The standard InChI is InChI=1S/C17H24O2/c1-14(2)10-11-18-13-17(19-12-15(3)4)16-8-6-5-7-9-16/h5-10,17H,3,11-13H2,1-2,4H3. The SMILES string of the molecule is C=C(C)COC(COCC=C(C)C)c1ccccc1. The first-order valence-electron chi connectivity index (χ1n) is 6.61. The summed E-state index contributed by atoms with van der Waals surface area (Å²) in [6.45, 7) is 11.7. The van der Waals surface area contributed by atoms with Crippen LogP contribution in [0.4, 0.5) is 0 Å². The molecule has 1 aromatic rings. The van der Waals surface area contributed by atoms with Gasteiger partial charge in [-0.3, -0.25) is 0 Å². The molecule has 1 aromatic carbocycles. The summed E-state index contributed by atoms with van der Waals surface area (Å²) < 4.78 is 11.5. The molecule has 0 saturated carbocycles. The highest BCUT2D eigenvalue weighted by Crippen LogP contribution is 2.18. The van der Waals surface area contributed by atoms with Crippen molar-refractivity contribution in [3.63, 3.8) is 0 Å². The van der Waals surface area contributed by atoms with Gasteiger partial charge in [0.1, 0.15) is 6.10 Å². The van der Waals surface area contributed by atoms with Gasteiger partial charge in [-0.2, -0.15) is 0 Å².